The summed E-state index contributed by atoms with van der Waals surface area (Å²) in [5, 5.41) is 4.20. The van der Waals surface area contributed by atoms with Crippen LogP contribution in [0.4, 0.5) is 0 Å². The smallest absolute Gasteiger partial charge is 0.244 e. The van der Waals surface area contributed by atoms with Crippen LogP contribution in [0.3, 0.4) is 0 Å². The summed E-state index contributed by atoms with van der Waals surface area (Å²) in [6, 6.07) is 5.68. The molecule has 2 saturated carbocycles. The second kappa shape index (κ2) is 7.91. The van der Waals surface area contributed by atoms with Gasteiger partial charge in [-0.1, -0.05) is 19.8 Å². The summed E-state index contributed by atoms with van der Waals surface area (Å²) in [4.78, 5) is 12.5. The predicted octanol–water partition coefficient (Wildman–Crippen LogP) is 4.54. The molecule has 1 amide bonds. The van der Waals surface area contributed by atoms with E-state index >= 15 is 0 Å². The number of fused-ring (bicyclic) bond motifs is 1. The average molecular weight is 373 g/mol. The van der Waals surface area contributed by atoms with Crippen molar-refractivity contribution in [2.24, 2.45) is 22.4 Å². The van der Waals surface area contributed by atoms with Gasteiger partial charge in [-0.2, -0.15) is 5.10 Å². The maximum Gasteiger partial charge on any atom is 0.244 e. The van der Waals surface area contributed by atoms with Gasteiger partial charge in [0.2, 0.25) is 5.91 Å². The molecule has 2 aliphatic rings. The third-order valence-electron chi connectivity index (χ3n) is 5.71. The predicted molar refractivity (Wildman–Crippen MR) is 107 cm³/mol. The van der Waals surface area contributed by atoms with Gasteiger partial charge in [0.05, 0.1) is 18.4 Å². The minimum Gasteiger partial charge on any atom is -0.491 e. The first-order chi connectivity index (χ1) is 12.8. The van der Waals surface area contributed by atoms with E-state index in [1.165, 1.54) is 19.3 Å². The summed E-state index contributed by atoms with van der Waals surface area (Å²) >= 11 is 0. The topological polar surface area (TPSA) is 59.9 Å². The molecule has 0 unspecified atom stereocenters. The van der Waals surface area contributed by atoms with Gasteiger partial charge in [-0.3, -0.25) is 4.79 Å². The lowest BCUT2D eigenvalue weighted by Crippen LogP contribution is -2.22. The highest BCUT2D eigenvalue weighted by molar-refractivity contribution is 5.87. The van der Waals surface area contributed by atoms with Crippen LogP contribution in [0.25, 0.3) is 0 Å². The number of benzene rings is 1. The summed E-state index contributed by atoms with van der Waals surface area (Å²) in [5.74, 6) is 2.16. The van der Waals surface area contributed by atoms with Crippen LogP contribution in [0.15, 0.2) is 23.3 Å². The van der Waals surface area contributed by atoms with Gasteiger partial charge >= 0.3 is 0 Å². The van der Waals surface area contributed by atoms with E-state index in [-0.39, 0.29) is 29.4 Å². The van der Waals surface area contributed by atoms with Crippen molar-refractivity contribution < 1.29 is 14.3 Å². The summed E-state index contributed by atoms with van der Waals surface area (Å²) in [6.07, 6.45) is 6.60. The summed E-state index contributed by atoms with van der Waals surface area (Å²) < 4.78 is 11.6. The fraction of sp³-hybridized carbons (Fsp3) is 0.636. The fourth-order valence-corrected chi connectivity index (χ4v) is 4.41. The Kier molecular flexibility index (Phi) is 5.78. The molecule has 1 aromatic rings. The second-order valence-corrected chi connectivity index (χ2v) is 8.60. The van der Waals surface area contributed by atoms with E-state index in [0.717, 1.165) is 17.7 Å². The lowest BCUT2D eigenvalue weighted by atomic mass is 9.90. The minimum atomic E-state index is 0.0376. The van der Waals surface area contributed by atoms with E-state index in [1.807, 2.05) is 45.9 Å². The molecule has 1 aromatic carbocycles. The first-order valence-corrected chi connectivity index (χ1v) is 10.1. The van der Waals surface area contributed by atoms with Gasteiger partial charge in [0.1, 0.15) is 11.5 Å². The van der Waals surface area contributed by atoms with E-state index in [1.54, 1.807) is 6.21 Å². The number of hydrazone groups is 1. The van der Waals surface area contributed by atoms with E-state index < -0.39 is 0 Å². The van der Waals surface area contributed by atoms with Gasteiger partial charge in [0, 0.05) is 17.5 Å². The van der Waals surface area contributed by atoms with E-state index in [9.17, 15) is 4.79 Å². The number of carbonyl (C=O) groups excluding carboxylic acids is 1. The number of hydrogen-bond donors (Lipinski definition) is 1. The number of ether oxygens (including phenoxy) is 2. The first-order valence-electron chi connectivity index (χ1n) is 10.1. The number of rotatable bonds is 7. The van der Waals surface area contributed by atoms with Crippen LogP contribution in [0.5, 0.6) is 11.5 Å². The van der Waals surface area contributed by atoms with E-state index in [0.29, 0.717) is 11.7 Å². The number of amides is 1. The van der Waals surface area contributed by atoms with Gasteiger partial charge in [-0.25, -0.2) is 5.43 Å². The normalized spacial score (nSPS) is 26.9. The van der Waals surface area contributed by atoms with Gasteiger partial charge in [0.25, 0.3) is 0 Å². The molecule has 0 aliphatic heterocycles. The van der Waals surface area contributed by atoms with Gasteiger partial charge in [-0.15, -0.1) is 0 Å². The van der Waals surface area contributed by atoms with E-state index in [4.69, 9.17) is 9.47 Å². The van der Waals surface area contributed by atoms with Crippen molar-refractivity contribution in [3.63, 3.8) is 0 Å². The zero-order valence-corrected chi connectivity index (χ0v) is 17.1. The van der Waals surface area contributed by atoms with Crippen molar-refractivity contribution in [1.29, 1.82) is 0 Å². The fourth-order valence-electron chi connectivity index (χ4n) is 4.41. The van der Waals surface area contributed by atoms with Crippen LogP contribution in [0.1, 0.15) is 65.9 Å². The van der Waals surface area contributed by atoms with Crippen molar-refractivity contribution in [2.45, 2.75) is 72.5 Å². The molecule has 0 bridgehead atoms. The summed E-state index contributed by atoms with van der Waals surface area (Å²) in [6.45, 7) is 10.2. The third kappa shape index (κ3) is 4.45. The molecule has 1 N–H and O–H groups in total. The Balaban J connectivity index is 1.66. The maximum atomic E-state index is 12.5. The summed E-state index contributed by atoms with van der Waals surface area (Å²) in [5.41, 5.74) is 3.76. The van der Waals surface area contributed by atoms with Crippen LogP contribution in [0.2, 0.25) is 0 Å². The highest BCUT2D eigenvalue weighted by Gasteiger charge is 2.64. The Morgan fingerprint density at radius 2 is 1.96 bits per heavy atom. The molecule has 5 nitrogen and oxygen atoms in total. The lowest BCUT2D eigenvalue weighted by Gasteiger charge is -2.16. The van der Waals surface area contributed by atoms with E-state index in [2.05, 4.69) is 17.5 Å². The molecule has 27 heavy (non-hydrogen) atoms. The standard InChI is InChI=1S/C22H32N2O3/c1-14(2)26-17-10-9-16(19(12-17)27-15(3)4)13-23-24-21(25)20-18-8-6-7-11-22(18,20)5/h9-10,12-15,18,20H,6-8,11H2,1-5H3,(H,24,25)/b23-13-/t18-,20-,22-/m0/s1. The maximum absolute atomic E-state index is 12.5. The first kappa shape index (κ1) is 19.7. The number of carbonyl (C=O) groups is 1. The number of nitrogens with one attached hydrogen (secondary N) is 1. The molecule has 3 rings (SSSR count). The van der Waals surface area contributed by atoms with Crippen LogP contribution in [-0.2, 0) is 4.79 Å². The molecule has 2 aliphatic carbocycles. The summed E-state index contributed by atoms with van der Waals surface area (Å²) in [7, 11) is 0. The molecule has 3 atom stereocenters. The van der Waals surface area contributed by atoms with Crippen LogP contribution in [0, 0.1) is 17.3 Å². The SMILES string of the molecule is CC(C)Oc1ccc(/C=N\NC(=O)[C@@H]2[C@@H]3CCCC[C@]23C)c(OC(C)C)c1. The quantitative estimate of drug-likeness (QED) is 0.565. The molecule has 0 spiro atoms. The molecule has 0 aromatic heterocycles. The third-order valence-corrected chi connectivity index (χ3v) is 5.71. The number of hydrogen-bond acceptors (Lipinski definition) is 4. The Hall–Kier alpha value is -2.04. The van der Waals surface area contributed by atoms with Crippen molar-refractivity contribution in [1.82, 2.24) is 5.43 Å². The van der Waals surface area contributed by atoms with Crippen LogP contribution >= 0.6 is 0 Å². The zero-order valence-electron chi connectivity index (χ0n) is 17.1. The highest BCUT2D eigenvalue weighted by Crippen LogP contribution is 2.66. The Morgan fingerprint density at radius 1 is 1.22 bits per heavy atom. The largest absolute Gasteiger partial charge is 0.491 e. The Labute approximate surface area is 162 Å². The molecule has 148 valence electrons. The monoisotopic (exact) mass is 372 g/mol. The van der Waals surface area contributed by atoms with Crippen molar-refractivity contribution in [3.05, 3.63) is 23.8 Å². The molecule has 2 fully saturated rings. The lowest BCUT2D eigenvalue weighted by molar-refractivity contribution is -0.123. The average Bonchev–Trinajstić information content (AvgIpc) is 3.21. The molecule has 0 saturated heterocycles. The second-order valence-electron chi connectivity index (χ2n) is 8.60. The Morgan fingerprint density at radius 3 is 2.59 bits per heavy atom. The molecule has 0 radical (unpaired) electrons. The molecule has 0 heterocycles. The van der Waals surface area contributed by atoms with Crippen molar-refractivity contribution >= 4 is 12.1 Å². The van der Waals surface area contributed by atoms with Crippen LogP contribution < -0.4 is 14.9 Å². The number of nitrogens with zero attached hydrogens (tertiary/aromatic N) is 1. The zero-order chi connectivity index (χ0) is 19.6. The van der Waals surface area contributed by atoms with Gasteiger partial charge in [-0.05, 0) is 64.0 Å². The van der Waals surface area contributed by atoms with Crippen molar-refractivity contribution in [2.75, 3.05) is 0 Å². The van der Waals surface area contributed by atoms with Crippen LogP contribution in [-0.4, -0.2) is 24.3 Å². The molecule has 5 heteroatoms. The van der Waals surface area contributed by atoms with Crippen molar-refractivity contribution in [3.8, 4) is 11.5 Å². The van der Waals surface area contributed by atoms with Gasteiger partial charge in [0.15, 0.2) is 0 Å². The minimum absolute atomic E-state index is 0.0376. The Bertz CT molecular complexity index is 714. The van der Waals surface area contributed by atoms with Gasteiger partial charge < -0.3 is 9.47 Å². The molecular weight excluding hydrogens is 340 g/mol. The highest BCUT2D eigenvalue weighted by atomic mass is 16.5. The molecular formula is C22H32N2O3.